The van der Waals surface area contributed by atoms with E-state index in [0.29, 0.717) is 5.75 Å². The summed E-state index contributed by atoms with van der Waals surface area (Å²) in [6, 6.07) is 6.94. The fourth-order valence-electron chi connectivity index (χ4n) is 2.45. The van der Waals surface area contributed by atoms with Gasteiger partial charge in [0, 0.05) is 28.7 Å². The van der Waals surface area contributed by atoms with E-state index in [1.54, 1.807) is 21.0 Å². The maximum atomic E-state index is 12.3. The maximum Gasteiger partial charge on any atom is 0.329 e. The van der Waals surface area contributed by atoms with E-state index < -0.39 is 12.0 Å². The minimum atomic E-state index is -0.714. The predicted octanol–water partition coefficient (Wildman–Crippen LogP) is 3.10. The SMILES string of the molecule is COc1ccc2nc(C)cc(SC[C@H](NC(C)=O)C(=O)OC(C)C)c2c1. The molecule has 1 aromatic carbocycles. The molecule has 1 N–H and O–H groups in total. The van der Waals surface area contributed by atoms with Crippen molar-refractivity contribution in [1.82, 2.24) is 10.3 Å². The van der Waals surface area contributed by atoms with Crippen LogP contribution in [0.1, 0.15) is 26.5 Å². The Morgan fingerprint density at radius 3 is 2.62 bits per heavy atom. The number of pyridine rings is 1. The lowest BCUT2D eigenvalue weighted by molar-refractivity contribution is -0.150. The molecule has 2 rings (SSSR count). The summed E-state index contributed by atoms with van der Waals surface area (Å²) in [5.41, 5.74) is 1.74. The van der Waals surface area contributed by atoms with Gasteiger partial charge in [0.15, 0.2) is 0 Å². The van der Waals surface area contributed by atoms with Crippen molar-refractivity contribution in [2.75, 3.05) is 12.9 Å². The fraction of sp³-hybridized carbons (Fsp3) is 0.421. The first-order chi connectivity index (χ1) is 12.3. The van der Waals surface area contributed by atoms with E-state index in [0.717, 1.165) is 27.2 Å². The molecule has 1 atom stereocenters. The highest BCUT2D eigenvalue weighted by atomic mass is 32.2. The van der Waals surface area contributed by atoms with Gasteiger partial charge in [0.1, 0.15) is 11.8 Å². The lowest BCUT2D eigenvalue weighted by atomic mass is 10.2. The van der Waals surface area contributed by atoms with Gasteiger partial charge in [0.05, 0.1) is 18.7 Å². The van der Waals surface area contributed by atoms with Crippen LogP contribution in [0.4, 0.5) is 0 Å². The van der Waals surface area contributed by atoms with E-state index in [1.165, 1.54) is 18.7 Å². The van der Waals surface area contributed by atoms with Crippen LogP contribution in [0.15, 0.2) is 29.2 Å². The first-order valence-electron chi connectivity index (χ1n) is 8.36. The largest absolute Gasteiger partial charge is 0.497 e. The molecule has 0 spiro atoms. The molecule has 6 nitrogen and oxygen atoms in total. The predicted molar refractivity (Wildman–Crippen MR) is 103 cm³/mol. The van der Waals surface area contributed by atoms with Crippen molar-refractivity contribution < 1.29 is 19.1 Å². The molecule has 1 aromatic heterocycles. The summed E-state index contributed by atoms with van der Waals surface area (Å²) in [6.45, 7) is 6.87. The van der Waals surface area contributed by atoms with Gasteiger partial charge in [-0.15, -0.1) is 11.8 Å². The number of aromatic nitrogens is 1. The molecule has 7 heteroatoms. The third-order valence-corrected chi connectivity index (χ3v) is 4.67. The molecule has 1 heterocycles. The van der Waals surface area contributed by atoms with Crippen LogP contribution >= 0.6 is 11.8 Å². The zero-order valence-electron chi connectivity index (χ0n) is 15.7. The highest BCUT2D eigenvalue weighted by molar-refractivity contribution is 7.99. The summed E-state index contributed by atoms with van der Waals surface area (Å²) in [5, 5.41) is 3.61. The quantitative estimate of drug-likeness (QED) is 0.591. The number of rotatable bonds is 7. The number of hydrogen-bond donors (Lipinski definition) is 1. The highest BCUT2D eigenvalue weighted by Gasteiger charge is 2.23. The Hall–Kier alpha value is -2.28. The first kappa shape index (κ1) is 20.0. The van der Waals surface area contributed by atoms with Crippen LogP contribution in [0, 0.1) is 6.92 Å². The number of nitrogens with zero attached hydrogens (tertiary/aromatic N) is 1. The summed E-state index contributed by atoms with van der Waals surface area (Å²) in [4.78, 5) is 29.2. The molecule has 0 aliphatic rings. The standard InChI is InChI=1S/C19H24N2O4S/c1-11(2)25-19(23)17(21-13(4)22)10-26-18-8-12(3)20-16-7-6-14(24-5)9-15(16)18/h6-9,11,17H,10H2,1-5H3,(H,21,22)/t17-/m0/s1. The van der Waals surface area contributed by atoms with E-state index >= 15 is 0 Å². The number of methoxy groups -OCH3 is 1. The topological polar surface area (TPSA) is 77.5 Å². The summed E-state index contributed by atoms with van der Waals surface area (Å²) in [7, 11) is 1.62. The number of carbonyl (C=O) groups is 2. The van der Waals surface area contributed by atoms with E-state index in [9.17, 15) is 9.59 Å². The molecule has 0 saturated heterocycles. The average molecular weight is 376 g/mol. The smallest absolute Gasteiger partial charge is 0.329 e. The Bertz CT molecular complexity index is 807. The van der Waals surface area contributed by atoms with Gasteiger partial charge in [-0.3, -0.25) is 9.78 Å². The van der Waals surface area contributed by atoms with Gasteiger partial charge < -0.3 is 14.8 Å². The molecule has 0 fully saturated rings. The number of carbonyl (C=O) groups excluding carboxylic acids is 2. The normalized spacial score (nSPS) is 12.1. The van der Waals surface area contributed by atoms with Crippen molar-refractivity contribution in [3.8, 4) is 5.75 Å². The Labute approximate surface area is 157 Å². The van der Waals surface area contributed by atoms with Crippen LogP contribution in [-0.2, 0) is 14.3 Å². The fourth-order valence-corrected chi connectivity index (χ4v) is 3.59. The minimum Gasteiger partial charge on any atom is -0.497 e. The van der Waals surface area contributed by atoms with Crippen molar-refractivity contribution in [3.05, 3.63) is 30.0 Å². The molecule has 140 valence electrons. The summed E-state index contributed by atoms with van der Waals surface area (Å²) in [6.07, 6.45) is -0.239. The second kappa shape index (κ2) is 8.89. The van der Waals surface area contributed by atoms with E-state index in [-0.39, 0.29) is 12.0 Å². The second-order valence-electron chi connectivity index (χ2n) is 6.19. The average Bonchev–Trinajstić information content (AvgIpc) is 2.56. The van der Waals surface area contributed by atoms with Crippen LogP contribution in [-0.4, -0.2) is 41.9 Å². The number of aryl methyl sites for hydroxylation is 1. The van der Waals surface area contributed by atoms with Gasteiger partial charge >= 0.3 is 5.97 Å². The van der Waals surface area contributed by atoms with E-state index in [1.807, 2.05) is 31.2 Å². The lowest BCUT2D eigenvalue weighted by Gasteiger charge is -2.18. The van der Waals surface area contributed by atoms with Crippen LogP contribution in [0.25, 0.3) is 10.9 Å². The number of hydrogen-bond acceptors (Lipinski definition) is 6. The number of benzene rings is 1. The van der Waals surface area contributed by atoms with Gasteiger partial charge in [0.2, 0.25) is 5.91 Å². The number of amides is 1. The van der Waals surface area contributed by atoms with E-state index in [2.05, 4.69) is 10.3 Å². The van der Waals surface area contributed by atoms with Crippen LogP contribution in [0.3, 0.4) is 0 Å². The van der Waals surface area contributed by atoms with Crippen LogP contribution in [0.2, 0.25) is 0 Å². The second-order valence-corrected chi connectivity index (χ2v) is 7.26. The molecule has 26 heavy (non-hydrogen) atoms. The molecule has 1 amide bonds. The molecular weight excluding hydrogens is 352 g/mol. The number of thioether (sulfide) groups is 1. The van der Waals surface area contributed by atoms with Crippen molar-refractivity contribution in [3.63, 3.8) is 0 Å². The third kappa shape index (κ3) is 5.36. The monoisotopic (exact) mass is 376 g/mol. The maximum absolute atomic E-state index is 12.3. The lowest BCUT2D eigenvalue weighted by Crippen LogP contribution is -2.43. The van der Waals surface area contributed by atoms with Gasteiger partial charge in [-0.1, -0.05) is 0 Å². The Morgan fingerprint density at radius 2 is 2.00 bits per heavy atom. The van der Waals surface area contributed by atoms with E-state index in [4.69, 9.17) is 9.47 Å². The van der Waals surface area contributed by atoms with Gasteiger partial charge in [-0.25, -0.2) is 4.79 Å². The van der Waals surface area contributed by atoms with Crippen molar-refractivity contribution in [2.45, 2.75) is 44.7 Å². The Morgan fingerprint density at radius 1 is 1.27 bits per heavy atom. The number of fused-ring (bicyclic) bond motifs is 1. The summed E-state index contributed by atoms with van der Waals surface area (Å²) in [5.74, 6) is 0.396. The minimum absolute atomic E-state index is 0.239. The molecular formula is C19H24N2O4S. The number of esters is 1. The molecule has 2 aromatic rings. The van der Waals surface area contributed by atoms with Gasteiger partial charge in [0.25, 0.3) is 0 Å². The summed E-state index contributed by atoms with van der Waals surface area (Å²) < 4.78 is 10.5. The number of nitrogens with one attached hydrogen (secondary N) is 1. The van der Waals surface area contributed by atoms with Crippen LogP contribution in [0.5, 0.6) is 5.75 Å². The van der Waals surface area contributed by atoms with Crippen molar-refractivity contribution in [2.24, 2.45) is 0 Å². The Balaban J connectivity index is 2.27. The Kier molecular flexibility index (Phi) is 6.85. The first-order valence-corrected chi connectivity index (χ1v) is 9.34. The highest BCUT2D eigenvalue weighted by Crippen LogP contribution is 2.31. The molecule has 0 aliphatic heterocycles. The van der Waals surface area contributed by atoms with Crippen LogP contribution < -0.4 is 10.1 Å². The molecule has 0 radical (unpaired) electrons. The molecule has 0 saturated carbocycles. The van der Waals surface area contributed by atoms with Gasteiger partial charge in [-0.05, 0) is 45.0 Å². The third-order valence-electron chi connectivity index (χ3n) is 3.53. The van der Waals surface area contributed by atoms with Gasteiger partial charge in [-0.2, -0.15) is 0 Å². The summed E-state index contributed by atoms with van der Waals surface area (Å²) >= 11 is 1.48. The number of ether oxygens (including phenoxy) is 2. The zero-order valence-corrected chi connectivity index (χ0v) is 16.5. The van der Waals surface area contributed by atoms with Crippen molar-refractivity contribution >= 4 is 34.5 Å². The molecule has 0 aliphatic carbocycles. The molecule has 0 bridgehead atoms. The zero-order chi connectivity index (χ0) is 19.3. The van der Waals surface area contributed by atoms with Crippen molar-refractivity contribution in [1.29, 1.82) is 0 Å². The molecule has 0 unspecified atom stereocenters.